The molecule has 1 aliphatic carbocycles. The minimum atomic E-state index is 0.581. The lowest BCUT2D eigenvalue weighted by molar-refractivity contribution is 1.00. The molecule has 0 unspecified atom stereocenters. The molecule has 2 aromatic heterocycles. The molecule has 0 amide bonds. The van der Waals surface area contributed by atoms with E-state index in [-0.39, 0.29) is 0 Å². The van der Waals surface area contributed by atoms with Crippen molar-refractivity contribution in [2.45, 2.75) is 25.3 Å². The van der Waals surface area contributed by atoms with Crippen molar-refractivity contribution >= 4 is 34.0 Å². The second-order valence-corrected chi connectivity index (χ2v) is 6.62. The standard InChI is InChI=1S/C17H18N4S/c1-2-6-15-14(5-1)16(19-12-7-8-12)21-17(20-15)18-10-9-13-4-3-11-22-13/h1-6,11-12H,7-10H2,(H2,18,19,20,21). The second-order valence-electron chi connectivity index (χ2n) is 5.59. The van der Waals surface area contributed by atoms with E-state index in [9.17, 15) is 0 Å². The van der Waals surface area contributed by atoms with Crippen LogP contribution in [0.15, 0.2) is 41.8 Å². The summed E-state index contributed by atoms with van der Waals surface area (Å²) in [5.74, 6) is 1.66. The van der Waals surface area contributed by atoms with Crippen LogP contribution in [0.25, 0.3) is 10.9 Å². The number of nitrogens with zero attached hydrogens (tertiary/aromatic N) is 2. The van der Waals surface area contributed by atoms with Gasteiger partial charge >= 0.3 is 0 Å². The lowest BCUT2D eigenvalue weighted by Crippen LogP contribution is -2.10. The van der Waals surface area contributed by atoms with Crippen molar-refractivity contribution in [1.82, 2.24) is 9.97 Å². The van der Waals surface area contributed by atoms with Crippen LogP contribution in [0.2, 0.25) is 0 Å². The van der Waals surface area contributed by atoms with E-state index < -0.39 is 0 Å². The molecule has 1 aromatic carbocycles. The Labute approximate surface area is 133 Å². The van der Waals surface area contributed by atoms with Gasteiger partial charge in [-0.2, -0.15) is 4.98 Å². The molecule has 4 rings (SSSR count). The van der Waals surface area contributed by atoms with Gasteiger partial charge in [-0.05, 0) is 42.8 Å². The van der Waals surface area contributed by atoms with Gasteiger partial charge in [0.05, 0.1) is 5.52 Å². The molecule has 4 nitrogen and oxygen atoms in total. The highest BCUT2D eigenvalue weighted by molar-refractivity contribution is 7.09. The third kappa shape index (κ3) is 3.04. The molecule has 0 saturated heterocycles. The van der Waals surface area contributed by atoms with Crippen molar-refractivity contribution in [1.29, 1.82) is 0 Å². The number of benzene rings is 1. The fourth-order valence-corrected chi connectivity index (χ4v) is 3.15. The third-order valence-electron chi connectivity index (χ3n) is 3.76. The molecule has 2 N–H and O–H groups in total. The number of thiophene rings is 1. The number of hydrogen-bond acceptors (Lipinski definition) is 5. The van der Waals surface area contributed by atoms with Gasteiger partial charge < -0.3 is 10.6 Å². The largest absolute Gasteiger partial charge is 0.367 e. The van der Waals surface area contributed by atoms with Crippen LogP contribution in [0, 0.1) is 0 Å². The first-order valence-electron chi connectivity index (χ1n) is 7.68. The van der Waals surface area contributed by atoms with E-state index in [1.165, 1.54) is 17.7 Å². The highest BCUT2D eigenvalue weighted by Gasteiger charge is 2.22. The van der Waals surface area contributed by atoms with Gasteiger partial charge in [0.15, 0.2) is 0 Å². The summed E-state index contributed by atoms with van der Waals surface area (Å²) in [6.07, 6.45) is 3.47. The summed E-state index contributed by atoms with van der Waals surface area (Å²) in [6, 6.07) is 13.0. The molecule has 0 atom stereocenters. The van der Waals surface area contributed by atoms with Gasteiger partial charge in [-0.3, -0.25) is 0 Å². The van der Waals surface area contributed by atoms with Crippen LogP contribution in [0.3, 0.4) is 0 Å². The molecule has 1 saturated carbocycles. The van der Waals surface area contributed by atoms with E-state index in [2.05, 4.69) is 44.2 Å². The van der Waals surface area contributed by atoms with E-state index >= 15 is 0 Å². The van der Waals surface area contributed by atoms with Crippen molar-refractivity contribution in [2.24, 2.45) is 0 Å². The summed E-state index contributed by atoms with van der Waals surface area (Å²) in [7, 11) is 0. The van der Waals surface area contributed by atoms with Gasteiger partial charge in [0.25, 0.3) is 0 Å². The molecule has 0 bridgehead atoms. The van der Waals surface area contributed by atoms with E-state index in [1.807, 2.05) is 18.2 Å². The van der Waals surface area contributed by atoms with Crippen LogP contribution in [-0.2, 0) is 6.42 Å². The molecule has 5 heteroatoms. The maximum atomic E-state index is 4.67. The Morgan fingerprint density at radius 3 is 2.82 bits per heavy atom. The number of hydrogen-bond donors (Lipinski definition) is 2. The summed E-state index contributed by atoms with van der Waals surface area (Å²) < 4.78 is 0. The number of aromatic nitrogens is 2. The molecule has 0 spiro atoms. The number of nitrogens with one attached hydrogen (secondary N) is 2. The number of fused-ring (bicyclic) bond motifs is 1. The number of rotatable bonds is 6. The fourth-order valence-electron chi connectivity index (χ4n) is 2.44. The minimum absolute atomic E-state index is 0.581. The van der Waals surface area contributed by atoms with E-state index in [0.717, 1.165) is 29.7 Å². The zero-order valence-corrected chi connectivity index (χ0v) is 13.1. The van der Waals surface area contributed by atoms with E-state index in [1.54, 1.807) is 11.3 Å². The fraction of sp³-hybridized carbons (Fsp3) is 0.294. The third-order valence-corrected chi connectivity index (χ3v) is 4.69. The quantitative estimate of drug-likeness (QED) is 0.724. The van der Waals surface area contributed by atoms with Crippen LogP contribution in [0.5, 0.6) is 0 Å². The lowest BCUT2D eigenvalue weighted by atomic mass is 10.2. The Hall–Kier alpha value is -2.14. The summed E-state index contributed by atoms with van der Waals surface area (Å²) in [5.41, 5.74) is 0.985. The van der Waals surface area contributed by atoms with Crippen LogP contribution < -0.4 is 10.6 Å². The zero-order valence-electron chi connectivity index (χ0n) is 12.2. The van der Waals surface area contributed by atoms with Crippen LogP contribution >= 0.6 is 11.3 Å². The van der Waals surface area contributed by atoms with Gasteiger partial charge in [0.2, 0.25) is 5.95 Å². The van der Waals surface area contributed by atoms with Crippen molar-refractivity contribution in [3.8, 4) is 0 Å². The second kappa shape index (κ2) is 5.93. The first kappa shape index (κ1) is 13.5. The molecule has 1 aliphatic rings. The van der Waals surface area contributed by atoms with Crippen LogP contribution in [0.1, 0.15) is 17.7 Å². The van der Waals surface area contributed by atoms with Gasteiger partial charge in [-0.1, -0.05) is 18.2 Å². The SMILES string of the molecule is c1csc(CCNc2nc(NC3CC3)c3ccccc3n2)c1. The van der Waals surface area contributed by atoms with Crippen molar-refractivity contribution < 1.29 is 0 Å². The maximum absolute atomic E-state index is 4.67. The maximum Gasteiger partial charge on any atom is 0.225 e. The predicted molar refractivity (Wildman–Crippen MR) is 92.7 cm³/mol. The molecular weight excluding hydrogens is 292 g/mol. The van der Waals surface area contributed by atoms with E-state index in [0.29, 0.717) is 12.0 Å². The van der Waals surface area contributed by atoms with Crippen LogP contribution in [-0.4, -0.2) is 22.6 Å². The summed E-state index contributed by atoms with van der Waals surface area (Å²) in [4.78, 5) is 10.7. The molecule has 22 heavy (non-hydrogen) atoms. The molecule has 0 radical (unpaired) electrons. The first-order valence-corrected chi connectivity index (χ1v) is 8.56. The van der Waals surface area contributed by atoms with Crippen molar-refractivity contribution in [3.63, 3.8) is 0 Å². The molecular formula is C17H18N4S. The van der Waals surface area contributed by atoms with Crippen LogP contribution in [0.4, 0.5) is 11.8 Å². The summed E-state index contributed by atoms with van der Waals surface area (Å²) in [6.45, 7) is 0.849. The van der Waals surface area contributed by atoms with Crippen molar-refractivity contribution in [3.05, 3.63) is 46.7 Å². The summed E-state index contributed by atoms with van der Waals surface area (Å²) in [5, 5.41) is 10.1. The Morgan fingerprint density at radius 1 is 1.09 bits per heavy atom. The van der Waals surface area contributed by atoms with Gasteiger partial charge in [0, 0.05) is 22.8 Å². The molecule has 1 fully saturated rings. The molecule has 2 heterocycles. The highest BCUT2D eigenvalue weighted by atomic mass is 32.1. The first-order chi connectivity index (χ1) is 10.9. The summed E-state index contributed by atoms with van der Waals surface area (Å²) >= 11 is 1.79. The van der Waals surface area contributed by atoms with E-state index in [4.69, 9.17) is 0 Å². The Morgan fingerprint density at radius 2 is 2.00 bits per heavy atom. The Bertz CT molecular complexity index is 765. The smallest absolute Gasteiger partial charge is 0.225 e. The molecule has 112 valence electrons. The minimum Gasteiger partial charge on any atom is -0.367 e. The highest BCUT2D eigenvalue weighted by Crippen LogP contribution is 2.28. The van der Waals surface area contributed by atoms with Gasteiger partial charge in [-0.15, -0.1) is 11.3 Å². The Kier molecular flexibility index (Phi) is 3.64. The monoisotopic (exact) mass is 310 g/mol. The normalized spacial score (nSPS) is 14.2. The average Bonchev–Trinajstić information content (AvgIpc) is 3.20. The average molecular weight is 310 g/mol. The number of para-hydroxylation sites is 1. The molecule has 3 aromatic rings. The van der Waals surface area contributed by atoms with Gasteiger partial charge in [-0.25, -0.2) is 4.98 Å². The van der Waals surface area contributed by atoms with Crippen molar-refractivity contribution in [2.75, 3.05) is 17.2 Å². The number of anilines is 2. The topological polar surface area (TPSA) is 49.8 Å². The Balaban J connectivity index is 1.54. The predicted octanol–water partition coefficient (Wildman–Crippen LogP) is 3.92. The zero-order chi connectivity index (χ0) is 14.8. The lowest BCUT2D eigenvalue weighted by Gasteiger charge is -2.11. The van der Waals surface area contributed by atoms with Gasteiger partial charge in [0.1, 0.15) is 5.82 Å². The molecule has 0 aliphatic heterocycles.